The van der Waals surface area contributed by atoms with Crippen LogP contribution in [0.25, 0.3) is 22.2 Å². The number of hydrogen-bond donors (Lipinski definition) is 2. The summed E-state index contributed by atoms with van der Waals surface area (Å²) >= 11 is 6.48. The molecule has 1 aliphatic heterocycles. The van der Waals surface area contributed by atoms with Crippen molar-refractivity contribution in [2.45, 2.75) is 83.7 Å². The molecule has 3 heterocycles. The summed E-state index contributed by atoms with van der Waals surface area (Å²) in [5, 5.41) is 7.32. The number of amides is 1. The number of benzene rings is 2. The molecule has 3 aliphatic rings. The van der Waals surface area contributed by atoms with Gasteiger partial charge in [-0.15, -0.1) is 0 Å². The van der Waals surface area contributed by atoms with Gasteiger partial charge in [0.1, 0.15) is 11.5 Å². The zero-order valence-electron chi connectivity index (χ0n) is 29.3. The highest BCUT2D eigenvalue weighted by molar-refractivity contribution is 6.33. The molecule has 4 aromatic rings. The molecule has 9 nitrogen and oxygen atoms in total. The standard InChI is InChI=1S/C39H47ClFN7O2/c1-24-22-28(14-17-33(24)47-20-18-46(3)19-21-47)44-39-42-23-31-25(2)34(30-10-7-11-32(41)35(30)40)38(50)48(36(31)45-39)29-15-12-27(13-16-29)43-37(49)26-8-5-4-6-9-26/h7,10-11,14,17,22-23,26-27,29H,4-6,8-9,12-13,15-16,18-21H2,1-3H3,(H,43,49)(H,42,44,45). The summed E-state index contributed by atoms with van der Waals surface area (Å²) in [5.74, 6) is 0.0952. The lowest BCUT2D eigenvalue weighted by Crippen LogP contribution is -2.44. The van der Waals surface area contributed by atoms with Gasteiger partial charge >= 0.3 is 0 Å². The van der Waals surface area contributed by atoms with Crippen molar-refractivity contribution in [2.75, 3.05) is 43.4 Å². The largest absolute Gasteiger partial charge is 0.369 e. The number of hydrogen-bond acceptors (Lipinski definition) is 7. The lowest BCUT2D eigenvalue weighted by molar-refractivity contribution is -0.126. The van der Waals surface area contributed by atoms with Crippen molar-refractivity contribution in [3.63, 3.8) is 0 Å². The molecule has 0 unspecified atom stereocenters. The maximum atomic E-state index is 14.7. The molecule has 2 aliphatic carbocycles. The normalized spacial score (nSPS) is 20.6. The average Bonchev–Trinajstić information content (AvgIpc) is 3.12. The summed E-state index contributed by atoms with van der Waals surface area (Å²) < 4.78 is 16.5. The number of aryl methyl sites for hydroxylation is 2. The van der Waals surface area contributed by atoms with E-state index in [1.54, 1.807) is 22.9 Å². The van der Waals surface area contributed by atoms with Gasteiger partial charge < -0.3 is 20.4 Å². The van der Waals surface area contributed by atoms with Gasteiger partial charge in [0.2, 0.25) is 11.9 Å². The fourth-order valence-electron chi connectivity index (χ4n) is 8.17. The van der Waals surface area contributed by atoms with Crippen LogP contribution in [0.3, 0.4) is 0 Å². The van der Waals surface area contributed by atoms with E-state index in [9.17, 15) is 14.0 Å². The molecule has 0 radical (unpaired) electrons. The first-order chi connectivity index (χ1) is 24.2. The summed E-state index contributed by atoms with van der Waals surface area (Å²) in [6.07, 6.45) is 10.0. The van der Waals surface area contributed by atoms with Crippen LogP contribution in [0, 0.1) is 25.6 Å². The third kappa shape index (κ3) is 6.97. The first-order valence-corrected chi connectivity index (χ1v) is 18.5. The van der Waals surface area contributed by atoms with Crippen LogP contribution >= 0.6 is 11.6 Å². The van der Waals surface area contributed by atoms with E-state index in [0.717, 1.165) is 76.0 Å². The van der Waals surface area contributed by atoms with Crippen LogP contribution in [-0.2, 0) is 4.79 Å². The van der Waals surface area contributed by atoms with Gasteiger partial charge in [-0.05, 0) is 94.8 Å². The highest BCUT2D eigenvalue weighted by Crippen LogP contribution is 2.37. The van der Waals surface area contributed by atoms with E-state index >= 15 is 0 Å². The predicted octanol–water partition coefficient (Wildman–Crippen LogP) is 7.54. The van der Waals surface area contributed by atoms with Crippen molar-refractivity contribution >= 4 is 45.9 Å². The maximum absolute atomic E-state index is 14.7. The number of fused-ring (bicyclic) bond motifs is 1. The number of carbonyl (C=O) groups excluding carboxylic acids is 1. The highest BCUT2D eigenvalue weighted by atomic mass is 35.5. The van der Waals surface area contributed by atoms with Crippen LogP contribution < -0.4 is 21.1 Å². The van der Waals surface area contributed by atoms with E-state index in [1.807, 2.05) is 13.0 Å². The smallest absolute Gasteiger partial charge is 0.260 e. The lowest BCUT2D eigenvalue weighted by Gasteiger charge is -2.35. The van der Waals surface area contributed by atoms with Crippen molar-refractivity contribution in [1.82, 2.24) is 24.8 Å². The molecule has 11 heteroatoms. The second kappa shape index (κ2) is 14.7. The fourth-order valence-corrected chi connectivity index (χ4v) is 8.39. The molecular formula is C39H47ClFN7O2. The van der Waals surface area contributed by atoms with Gasteiger partial charge in [-0.1, -0.05) is 43.0 Å². The zero-order valence-corrected chi connectivity index (χ0v) is 30.0. The molecule has 7 rings (SSSR count). The van der Waals surface area contributed by atoms with Crippen molar-refractivity contribution < 1.29 is 9.18 Å². The summed E-state index contributed by atoms with van der Waals surface area (Å²) in [7, 11) is 2.16. The Balaban J connectivity index is 1.21. The molecule has 2 aromatic carbocycles. The molecule has 0 spiro atoms. The average molecular weight is 700 g/mol. The number of pyridine rings is 1. The number of halogens is 2. The molecule has 264 valence electrons. The van der Waals surface area contributed by atoms with E-state index in [-0.39, 0.29) is 34.5 Å². The first-order valence-electron chi connectivity index (χ1n) is 18.2. The van der Waals surface area contributed by atoms with Crippen LogP contribution in [0.1, 0.15) is 75.0 Å². The van der Waals surface area contributed by atoms with Gasteiger partial charge in [0.25, 0.3) is 5.56 Å². The third-order valence-corrected chi connectivity index (χ3v) is 11.5. The molecule has 2 saturated carbocycles. The minimum atomic E-state index is -0.575. The number of likely N-dealkylation sites (N-methyl/N-ethyl adjacent to an activating group) is 1. The molecule has 0 atom stereocenters. The van der Waals surface area contributed by atoms with E-state index < -0.39 is 5.82 Å². The molecule has 2 aromatic heterocycles. The minimum absolute atomic E-state index is 0.0779. The Hall–Kier alpha value is -4.02. The summed E-state index contributed by atoms with van der Waals surface area (Å²) in [5.41, 5.74) is 4.89. The lowest BCUT2D eigenvalue weighted by atomic mass is 9.86. The Morgan fingerprint density at radius 1 is 0.960 bits per heavy atom. The van der Waals surface area contributed by atoms with E-state index in [4.69, 9.17) is 16.6 Å². The SMILES string of the molecule is Cc1cc(Nc2ncc3c(C)c(-c4cccc(F)c4Cl)c(=O)n(C4CCC(NC(=O)C5CCCCC5)CC4)c3n2)ccc1N1CCN(C)CC1. The van der Waals surface area contributed by atoms with Crippen LogP contribution in [0.4, 0.5) is 21.7 Å². The second-order valence-corrected chi connectivity index (χ2v) is 14.9. The molecular weight excluding hydrogens is 653 g/mol. The predicted molar refractivity (Wildman–Crippen MR) is 199 cm³/mol. The number of carbonyl (C=O) groups is 1. The van der Waals surface area contributed by atoms with Crippen molar-refractivity contribution in [3.05, 3.63) is 74.9 Å². The van der Waals surface area contributed by atoms with Gasteiger partial charge in [-0.2, -0.15) is 4.98 Å². The van der Waals surface area contributed by atoms with Gasteiger partial charge in [-0.25, -0.2) is 9.37 Å². The summed E-state index contributed by atoms with van der Waals surface area (Å²) in [6, 6.07) is 10.8. The maximum Gasteiger partial charge on any atom is 0.260 e. The minimum Gasteiger partial charge on any atom is -0.369 e. The summed E-state index contributed by atoms with van der Waals surface area (Å²) in [6.45, 7) is 8.02. The number of piperazine rings is 1. The topological polar surface area (TPSA) is 95.4 Å². The number of nitrogens with one attached hydrogen (secondary N) is 2. The van der Waals surface area contributed by atoms with E-state index in [0.29, 0.717) is 46.5 Å². The molecule has 2 N–H and O–H groups in total. The fraction of sp³-hybridized carbons (Fsp3) is 0.487. The number of aromatic nitrogens is 3. The number of nitrogens with zero attached hydrogens (tertiary/aromatic N) is 5. The Bertz CT molecular complexity index is 1940. The first kappa shape index (κ1) is 34.4. The molecule has 50 heavy (non-hydrogen) atoms. The van der Waals surface area contributed by atoms with Gasteiger partial charge in [0.15, 0.2) is 0 Å². The molecule has 3 fully saturated rings. The molecule has 1 saturated heterocycles. The molecule has 1 amide bonds. The van der Waals surface area contributed by atoms with Crippen LogP contribution in [0.2, 0.25) is 5.02 Å². The molecule has 0 bridgehead atoms. The van der Waals surface area contributed by atoms with Gasteiger partial charge in [0.05, 0.1) is 10.6 Å². The quantitative estimate of drug-likeness (QED) is 0.206. The Morgan fingerprint density at radius 2 is 1.70 bits per heavy atom. The number of rotatable bonds is 7. The Kier molecular flexibility index (Phi) is 10.1. The van der Waals surface area contributed by atoms with Crippen LogP contribution in [0.5, 0.6) is 0 Å². The second-order valence-electron chi connectivity index (χ2n) is 14.5. The van der Waals surface area contributed by atoms with Crippen molar-refractivity contribution in [2.24, 2.45) is 5.92 Å². The van der Waals surface area contributed by atoms with Gasteiger partial charge in [0, 0.05) is 72.7 Å². The highest BCUT2D eigenvalue weighted by Gasteiger charge is 2.30. The van der Waals surface area contributed by atoms with Crippen LogP contribution in [-0.4, -0.2) is 64.6 Å². The van der Waals surface area contributed by atoms with Gasteiger partial charge in [-0.3, -0.25) is 14.2 Å². The Morgan fingerprint density at radius 3 is 2.42 bits per heavy atom. The van der Waals surface area contributed by atoms with E-state index in [2.05, 4.69) is 51.5 Å². The monoisotopic (exact) mass is 699 g/mol. The Labute approximate surface area is 298 Å². The van der Waals surface area contributed by atoms with Crippen molar-refractivity contribution in [1.29, 1.82) is 0 Å². The van der Waals surface area contributed by atoms with E-state index in [1.165, 1.54) is 18.2 Å². The number of anilines is 3. The zero-order chi connectivity index (χ0) is 34.9. The van der Waals surface area contributed by atoms with Crippen LogP contribution in [0.15, 0.2) is 47.4 Å². The van der Waals surface area contributed by atoms with Crippen molar-refractivity contribution in [3.8, 4) is 11.1 Å². The third-order valence-electron chi connectivity index (χ3n) is 11.1. The summed E-state index contributed by atoms with van der Waals surface area (Å²) in [4.78, 5) is 42.0.